The largest absolute Gasteiger partial charge is 0.478 e. The first-order valence-electron chi connectivity index (χ1n) is 2.83. The maximum atomic E-state index is 12.4. The van der Waals surface area contributed by atoms with Crippen LogP contribution in [0.15, 0.2) is 23.1 Å². The van der Waals surface area contributed by atoms with Gasteiger partial charge in [0, 0.05) is 4.90 Å². The predicted octanol–water partition coefficient (Wildman–Crippen LogP) is 1.81. The molecule has 0 aromatic heterocycles. The molecule has 1 N–H and O–H groups in total. The summed E-state index contributed by atoms with van der Waals surface area (Å²) in [5.41, 5.74) is 0.00901. The number of hydrogen-bond donors (Lipinski definition) is 2. The Morgan fingerprint density at radius 1 is 1.55 bits per heavy atom. The van der Waals surface area contributed by atoms with Gasteiger partial charge >= 0.3 is 5.97 Å². The van der Waals surface area contributed by atoms with Gasteiger partial charge < -0.3 is 5.11 Å². The molecule has 0 spiro atoms. The van der Waals surface area contributed by atoms with Gasteiger partial charge in [-0.1, -0.05) is 0 Å². The van der Waals surface area contributed by atoms with Gasteiger partial charge in [0.2, 0.25) is 0 Å². The Labute approximate surface area is 68.1 Å². The first kappa shape index (κ1) is 8.07. The van der Waals surface area contributed by atoms with Crippen LogP contribution in [0.2, 0.25) is 0 Å². The number of carboxylic acids is 1. The van der Waals surface area contributed by atoms with Gasteiger partial charge in [-0.25, -0.2) is 9.18 Å². The zero-order valence-corrected chi connectivity index (χ0v) is 6.31. The summed E-state index contributed by atoms with van der Waals surface area (Å²) in [6, 6.07) is 3.33. The highest BCUT2D eigenvalue weighted by Gasteiger charge is 2.06. The smallest absolute Gasteiger partial charge is 0.336 e. The van der Waals surface area contributed by atoms with E-state index in [2.05, 4.69) is 12.6 Å². The van der Waals surface area contributed by atoms with Gasteiger partial charge in [-0.15, -0.1) is 12.6 Å². The van der Waals surface area contributed by atoms with Crippen molar-refractivity contribution in [3.05, 3.63) is 29.6 Å². The summed E-state index contributed by atoms with van der Waals surface area (Å²) in [6.07, 6.45) is 0. The summed E-state index contributed by atoms with van der Waals surface area (Å²) in [5.74, 6) is -1.59. The molecule has 0 saturated carbocycles. The van der Waals surface area contributed by atoms with Crippen LogP contribution in [0.4, 0.5) is 4.39 Å². The lowest BCUT2D eigenvalue weighted by Gasteiger charge is -1.97. The second-order valence-corrected chi connectivity index (χ2v) is 2.45. The minimum Gasteiger partial charge on any atom is -0.478 e. The van der Waals surface area contributed by atoms with Crippen LogP contribution in [0, 0.1) is 5.82 Å². The lowest BCUT2D eigenvalue weighted by atomic mass is 10.2. The van der Waals surface area contributed by atoms with Crippen molar-refractivity contribution in [1.29, 1.82) is 0 Å². The molecule has 1 rings (SSSR count). The lowest BCUT2D eigenvalue weighted by molar-refractivity contribution is 0.0693. The van der Waals surface area contributed by atoms with Crippen LogP contribution in [-0.2, 0) is 0 Å². The SMILES string of the molecule is O=C(O)c1ccc(F)cc1S. The maximum Gasteiger partial charge on any atom is 0.336 e. The summed E-state index contributed by atoms with van der Waals surface area (Å²) in [5, 5.41) is 8.49. The Balaban J connectivity index is 3.20. The zero-order chi connectivity index (χ0) is 8.43. The van der Waals surface area contributed by atoms with Crippen LogP contribution in [-0.4, -0.2) is 11.1 Å². The summed E-state index contributed by atoms with van der Waals surface area (Å²) in [7, 11) is 0. The van der Waals surface area contributed by atoms with Gasteiger partial charge in [0.25, 0.3) is 0 Å². The van der Waals surface area contributed by atoms with Crippen LogP contribution >= 0.6 is 12.6 Å². The van der Waals surface area contributed by atoms with E-state index >= 15 is 0 Å². The number of carboxylic acid groups (broad SMARTS) is 1. The van der Waals surface area contributed by atoms with Crippen molar-refractivity contribution < 1.29 is 14.3 Å². The summed E-state index contributed by atoms with van der Waals surface area (Å²) in [4.78, 5) is 10.5. The molecule has 0 atom stereocenters. The van der Waals surface area contributed by atoms with E-state index in [4.69, 9.17) is 5.11 Å². The Bertz CT molecular complexity index is 298. The van der Waals surface area contributed by atoms with Crippen LogP contribution in [0.5, 0.6) is 0 Å². The van der Waals surface area contributed by atoms with Crippen LogP contribution in [0.3, 0.4) is 0 Å². The molecule has 2 nitrogen and oxygen atoms in total. The number of halogens is 1. The Morgan fingerprint density at radius 3 is 2.64 bits per heavy atom. The molecule has 4 heteroatoms. The van der Waals surface area contributed by atoms with Crippen molar-refractivity contribution in [2.24, 2.45) is 0 Å². The van der Waals surface area contributed by atoms with Crippen molar-refractivity contribution in [3.63, 3.8) is 0 Å². The van der Waals surface area contributed by atoms with E-state index in [0.717, 1.165) is 12.1 Å². The topological polar surface area (TPSA) is 37.3 Å². The molecular weight excluding hydrogens is 167 g/mol. The fraction of sp³-hybridized carbons (Fsp3) is 0. The average Bonchev–Trinajstić information content (AvgIpc) is 1.85. The summed E-state index contributed by atoms with van der Waals surface area (Å²) in [6.45, 7) is 0. The summed E-state index contributed by atoms with van der Waals surface area (Å²) >= 11 is 3.79. The fourth-order valence-corrected chi connectivity index (χ4v) is 0.979. The van der Waals surface area contributed by atoms with Crippen molar-refractivity contribution in [1.82, 2.24) is 0 Å². The second-order valence-electron chi connectivity index (χ2n) is 1.97. The molecule has 0 heterocycles. The highest BCUT2D eigenvalue weighted by Crippen LogP contribution is 2.14. The minimum absolute atomic E-state index is 0.00901. The molecule has 1 aromatic rings. The average molecular weight is 172 g/mol. The highest BCUT2D eigenvalue weighted by atomic mass is 32.1. The first-order chi connectivity index (χ1) is 5.11. The normalized spacial score (nSPS) is 9.64. The van der Waals surface area contributed by atoms with Gasteiger partial charge in [-0.3, -0.25) is 0 Å². The van der Waals surface area contributed by atoms with E-state index in [1.165, 1.54) is 6.07 Å². The Hall–Kier alpha value is -1.03. The van der Waals surface area contributed by atoms with E-state index in [-0.39, 0.29) is 10.5 Å². The quantitative estimate of drug-likeness (QED) is 0.634. The molecule has 0 aliphatic rings. The van der Waals surface area contributed by atoms with E-state index in [1.807, 2.05) is 0 Å². The minimum atomic E-state index is -1.10. The lowest BCUT2D eigenvalue weighted by Crippen LogP contribution is -1.97. The molecule has 0 amide bonds. The third-order valence-corrected chi connectivity index (χ3v) is 1.56. The van der Waals surface area contributed by atoms with Gasteiger partial charge in [0.15, 0.2) is 0 Å². The van der Waals surface area contributed by atoms with Crippen LogP contribution in [0.1, 0.15) is 10.4 Å². The molecule has 0 aliphatic heterocycles. The Kier molecular flexibility index (Phi) is 2.14. The van der Waals surface area contributed by atoms with E-state index in [1.54, 1.807) is 0 Å². The molecule has 0 radical (unpaired) electrons. The van der Waals surface area contributed by atoms with E-state index in [0.29, 0.717) is 0 Å². The molecule has 0 saturated heterocycles. The number of benzene rings is 1. The molecule has 11 heavy (non-hydrogen) atoms. The van der Waals surface area contributed by atoms with E-state index < -0.39 is 11.8 Å². The molecule has 0 fully saturated rings. The van der Waals surface area contributed by atoms with Crippen molar-refractivity contribution in [2.75, 3.05) is 0 Å². The van der Waals surface area contributed by atoms with Crippen LogP contribution < -0.4 is 0 Å². The molecule has 58 valence electrons. The third-order valence-electron chi connectivity index (χ3n) is 1.19. The van der Waals surface area contributed by atoms with Crippen LogP contribution in [0.25, 0.3) is 0 Å². The number of rotatable bonds is 1. The molecule has 0 aliphatic carbocycles. The van der Waals surface area contributed by atoms with Crippen molar-refractivity contribution >= 4 is 18.6 Å². The van der Waals surface area contributed by atoms with Crippen molar-refractivity contribution in [2.45, 2.75) is 4.90 Å². The monoisotopic (exact) mass is 172 g/mol. The molecule has 0 bridgehead atoms. The molecule has 1 aromatic carbocycles. The number of hydrogen-bond acceptors (Lipinski definition) is 2. The molecule has 0 unspecified atom stereocenters. The van der Waals surface area contributed by atoms with Gasteiger partial charge in [-0.05, 0) is 18.2 Å². The fourth-order valence-electron chi connectivity index (χ4n) is 0.686. The maximum absolute atomic E-state index is 12.4. The van der Waals surface area contributed by atoms with Gasteiger partial charge in [0.05, 0.1) is 5.56 Å². The highest BCUT2D eigenvalue weighted by molar-refractivity contribution is 7.80. The second kappa shape index (κ2) is 2.92. The Morgan fingerprint density at radius 2 is 2.18 bits per heavy atom. The first-order valence-corrected chi connectivity index (χ1v) is 3.28. The number of thiol groups is 1. The zero-order valence-electron chi connectivity index (χ0n) is 5.41. The summed E-state index contributed by atoms with van der Waals surface area (Å²) < 4.78 is 12.4. The standard InChI is InChI=1S/C7H5FO2S/c8-4-1-2-5(7(9)10)6(11)3-4/h1-3,11H,(H,9,10). The van der Waals surface area contributed by atoms with Gasteiger partial charge in [-0.2, -0.15) is 0 Å². The molecular formula is C7H5FO2S. The van der Waals surface area contributed by atoms with Gasteiger partial charge in [0.1, 0.15) is 5.82 Å². The third kappa shape index (κ3) is 1.71. The predicted molar refractivity (Wildman–Crippen MR) is 40.6 cm³/mol. The number of aromatic carboxylic acids is 1. The van der Waals surface area contributed by atoms with E-state index in [9.17, 15) is 9.18 Å². The number of carbonyl (C=O) groups is 1. The van der Waals surface area contributed by atoms with Crippen molar-refractivity contribution in [3.8, 4) is 0 Å².